The second-order valence-corrected chi connectivity index (χ2v) is 6.81. The monoisotopic (exact) mass is 451 g/mol. The smallest absolute Gasteiger partial charge is 0.418 e. The highest BCUT2D eigenvalue weighted by atomic mass is 32.2. The van der Waals surface area contributed by atoms with Crippen LogP contribution in [0.1, 0.15) is 16.1 Å². The van der Waals surface area contributed by atoms with Crippen LogP contribution in [-0.4, -0.2) is 40.2 Å². The van der Waals surface area contributed by atoms with Gasteiger partial charge in [0, 0.05) is 0 Å². The first-order valence-corrected chi connectivity index (χ1v) is 9.38. The zero-order valence-electron chi connectivity index (χ0n) is 15.3. The van der Waals surface area contributed by atoms with Gasteiger partial charge in [-0.1, -0.05) is 23.9 Å². The number of aliphatic imine (C=N–C) groups is 2. The van der Waals surface area contributed by atoms with Crippen molar-refractivity contribution < 1.29 is 32.0 Å². The molecule has 3 rings (SSSR count). The quantitative estimate of drug-likeness (QED) is 0.657. The molecule has 0 spiro atoms. The number of nitrogens with one attached hydrogen (secondary N) is 3. The van der Waals surface area contributed by atoms with E-state index in [1.54, 1.807) is 0 Å². The van der Waals surface area contributed by atoms with Gasteiger partial charge in [0.1, 0.15) is 0 Å². The van der Waals surface area contributed by atoms with E-state index in [9.17, 15) is 27.6 Å². The highest BCUT2D eigenvalue weighted by molar-refractivity contribution is 8.14. The Labute approximate surface area is 176 Å². The molecular formula is C18H12F3N5O4S. The van der Waals surface area contributed by atoms with Crippen molar-refractivity contribution in [1.29, 1.82) is 5.41 Å². The number of amides is 3. The van der Waals surface area contributed by atoms with Gasteiger partial charge >= 0.3 is 12.1 Å². The summed E-state index contributed by atoms with van der Waals surface area (Å²) in [5.41, 5.74) is -1.95. The molecule has 0 saturated heterocycles. The molecule has 1 aromatic heterocycles. The molecule has 31 heavy (non-hydrogen) atoms. The van der Waals surface area contributed by atoms with E-state index in [0.29, 0.717) is 11.8 Å². The number of hydrogen-bond acceptors (Lipinski definition) is 6. The topological polar surface area (TPSA) is 137 Å². The minimum absolute atomic E-state index is 0.131. The number of halogens is 3. The summed E-state index contributed by atoms with van der Waals surface area (Å²) in [6.45, 7) is 0. The predicted octanol–water partition coefficient (Wildman–Crippen LogP) is 2.71. The number of anilines is 1. The van der Waals surface area contributed by atoms with E-state index in [4.69, 9.17) is 9.83 Å². The third kappa shape index (κ3) is 5.45. The van der Waals surface area contributed by atoms with Crippen LogP contribution in [0.4, 0.5) is 18.9 Å². The van der Waals surface area contributed by atoms with Crippen molar-refractivity contribution in [3.8, 4) is 0 Å². The molecule has 9 nitrogen and oxygen atoms in total. The number of benzene rings is 1. The summed E-state index contributed by atoms with van der Waals surface area (Å²) in [5.74, 6) is -3.70. The van der Waals surface area contributed by atoms with E-state index in [-0.39, 0.29) is 10.9 Å². The zero-order chi connectivity index (χ0) is 22.6. The Bertz CT molecular complexity index is 1110. The lowest BCUT2D eigenvalue weighted by atomic mass is 10.1. The van der Waals surface area contributed by atoms with Crippen molar-refractivity contribution >= 4 is 51.9 Å². The average molecular weight is 451 g/mol. The number of thioether (sulfide) groups is 1. The lowest BCUT2D eigenvalue weighted by Gasteiger charge is -2.15. The van der Waals surface area contributed by atoms with Crippen molar-refractivity contribution in [2.45, 2.75) is 6.18 Å². The Morgan fingerprint density at radius 2 is 1.97 bits per heavy atom. The van der Waals surface area contributed by atoms with Gasteiger partial charge in [-0.15, -0.1) is 0 Å². The molecular weight excluding hydrogens is 439 g/mol. The number of amidine groups is 2. The van der Waals surface area contributed by atoms with E-state index < -0.39 is 52.4 Å². The maximum atomic E-state index is 13.0. The molecule has 2 heterocycles. The molecule has 13 heteroatoms. The third-order valence-electron chi connectivity index (χ3n) is 3.67. The molecule has 0 atom stereocenters. The molecule has 0 aliphatic carbocycles. The summed E-state index contributed by atoms with van der Waals surface area (Å²) >= 11 is 0.690. The Kier molecular flexibility index (Phi) is 6.34. The standard InChI is InChI=1S/C18H12F3N5O4S/c19-18(20,21)9-4-1-2-5-10(9)23-12(27)8-31-17-25-14(22)13(16(29)26-17)24-15(28)11-6-3-7-30-11/h1-7H,8H2,(H,23,27)(H2,22,25,26,29). The molecule has 1 aromatic carbocycles. The first-order valence-electron chi connectivity index (χ1n) is 8.39. The summed E-state index contributed by atoms with van der Waals surface area (Å²) in [6, 6.07) is 7.26. The number of rotatable bonds is 4. The van der Waals surface area contributed by atoms with Crippen LogP contribution < -0.4 is 10.6 Å². The maximum Gasteiger partial charge on any atom is 0.418 e. The van der Waals surface area contributed by atoms with Gasteiger partial charge in [-0.05, 0) is 24.3 Å². The summed E-state index contributed by atoms with van der Waals surface area (Å²) in [5, 5.41) is 12.1. The first-order chi connectivity index (χ1) is 14.6. The van der Waals surface area contributed by atoms with Gasteiger partial charge < -0.3 is 9.73 Å². The molecule has 2 aromatic rings. The second-order valence-electron chi connectivity index (χ2n) is 5.84. The SMILES string of the molecule is N=C1N=C(SCC(=O)Nc2ccccc2C(F)(F)F)NC(=O)C1=NC(=O)c1ccco1. The fourth-order valence-electron chi connectivity index (χ4n) is 2.33. The van der Waals surface area contributed by atoms with Gasteiger partial charge in [0.2, 0.25) is 5.91 Å². The van der Waals surface area contributed by atoms with Gasteiger partial charge in [-0.25, -0.2) is 4.99 Å². The van der Waals surface area contributed by atoms with Crippen LogP contribution in [-0.2, 0) is 15.8 Å². The van der Waals surface area contributed by atoms with Crippen molar-refractivity contribution in [2.24, 2.45) is 9.98 Å². The predicted molar refractivity (Wildman–Crippen MR) is 106 cm³/mol. The Morgan fingerprint density at radius 1 is 1.23 bits per heavy atom. The number of carbonyl (C=O) groups excluding carboxylic acids is 3. The highest BCUT2D eigenvalue weighted by Gasteiger charge is 2.33. The summed E-state index contributed by atoms with van der Waals surface area (Å²) in [4.78, 5) is 43.3. The van der Waals surface area contributed by atoms with Crippen molar-refractivity contribution in [1.82, 2.24) is 5.32 Å². The minimum atomic E-state index is -4.64. The highest BCUT2D eigenvalue weighted by Crippen LogP contribution is 2.34. The van der Waals surface area contributed by atoms with Crippen molar-refractivity contribution in [3.63, 3.8) is 0 Å². The summed E-state index contributed by atoms with van der Waals surface area (Å²) in [6.07, 6.45) is -3.40. The molecule has 0 saturated carbocycles. The number of hydrogen-bond donors (Lipinski definition) is 3. The van der Waals surface area contributed by atoms with Gasteiger partial charge in [0.15, 0.2) is 22.5 Å². The van der Waals surface area contributed by atoms with Gasteiger partial charge in [0.25, 0.3) is 5.91 Å². The first kappa shape index (κ1) is 22.0. The van der Waals surface area contributed by atoms with Crippen LogP contribution in [0.2, 0.25) is 0 Å². The Morgan fingerprint density at radius 3 is 2.61 bits per heavy atom. The Hall–Kier alpha value is -3.74. The summed E-state index contributed by atoms with van der Waals surface area (Å²) in [7, 11) is 0. The van der Waals surface area contributed by atoms with Crippen LogP contribution >= 0.6 is 11.8 Å². The normalized spacial score (nSPS) is 15.5. The van der Waals surface area contributed by atoms with Crippen LogP contribution in [0.3, 0.4) is 0 Å². The zero-order valence-corrected chi connectivity index (χ0v) is 16.1. The molecule has 0 bridgehead atoms. The van der Waals surface area contributed by atoms with E-state index >= 15 is 0 Å². The van der Waals surface area contributed by atoms with Crippen LogP contribution in [0.5, 0.6) is 0 Å². The van der Waals surface area contributed by atoms with Gasteiger partial charge in [-0.3, -0.25) is 25.1 Å². The molecule has 0 fully saturated rings. The van der Waals surface area contributed by atoms with Crippen molar-refractivity contribution in [2.75, 3.05) is 11.1 Å². The van der Waals surface area contributed by atoms with Crippen LogP contribution in [0.15, 0.2) is 57.1 Å². The van der Waals surface area contributed by atoms with Gasteiger partial charge in [-0.2, -0.15) is 18.2 Å². The third-order valence-corrected chi connectivity index (χ3v) is 4.54. The van der Waals surface area contributed by atoms with E-state index in [2.05, 4.69) is 20.6 Å². The van der Waals surface area contributed by atoms with E-state index in [1.165, 1.54) is 30.5 Å². The molecule has 0 unspecified atom stereocenters. The molecule has 3 amide bonds. The van der Waals surface area contributed by atoms with Crippen LogP contribution in [0.25, 0.3) is 0 Å². The average Bonchev–Trinajstić information content (AvgIpc) is 3.23. The fraction of sp³-hybridized carbons (Fsp3) is 0.111. The number of para-hydroxylation sites is 1. The van der Waals surface area contributed by atoms with Gasteiger partial charge in [0.05, 0.1) is 23.3 Å². The molecule has 160 valence electrons. The number of alkyl halides is 3. The van der Waals surface area contributed by atoms with Crippen LogP contribution in [0, 0.1) is 5.41 Å². The lowest BCUT2D eigenvalue weighted by molar-refractivity contribution is -0.137. The largest absolute Gasteiger partial charge is 0.459 e. The lowest BCUT2D eigenvalue weighted by Crippen LogP contribution is -2.43. The molecule has 1 aliphatic rings. The van der Waals surface area contributed by atoms with Crippen molar-refractivity contribution in [3.05, 3.63) is 54.0 Å². The second kappa shape index (κ2) is 8.95. The van der Waals surface area contributed by atoms with E-state index in [0.717, 1.165) is 12.1 Å². The number of carbonyl (C=O) groups is 3. The summed E-state index contributed by atoms with van der Waals surface area (Å²) < 4.78 is 43.8. The maximum absolute atomic E-state index is 13.0. The Balaban J connectivity index is 1.63. The minimum Gasteiger partial charge on any atom is -0.459 e. The number of furan rings is 1. The number of nitrogens with zero attached hydrogens (tertiary/aromatic N) is 2. The molecule has 0 radical (unpaired) electrons. The molecule has 1 aliphatic heterocycles. The molecule has 3 N–H and O–H groups in total. The fourth-order valence-corrected chi connectivity index (χ4v) is 3.00. The van der Waals surface area contributed by atoms with E-state index in [1.807, 2.05) is 0 Å².